The normalized spacial score (nSPS) is 21.9. The number of imidazole rings is 2. The molecule has 338 valence electrons. The molecule has 3 fully saturated rings. The molecule has 6 heterocycles. The van der Waals surface area contributed by atoms with Gasteiger partial charge in [-0.2, -0.15) is 0 Å². The van der Waals surface area contributed by atoms with E-state index in [-0.39, 0.29) is 47.8 Å². The molecule has 0 bridgehead atoms. The Morgan fingerprint density at radius 2 is 1.59 bits per heavy atom. The number of aromatic amines is 2. The molecule has 0 aliphatic carbocycles. The summed E-state index contributed by atoms with van der Waals surface area (Å²) in [6.07, 6.45) is 5.91. The highest BCUT2D eigenvalue weighted by atomic mass is 16.5. The lowest BCUT2D eigenvalue weighted by Crippen LogP contribution is -2.54. The number of methoxy groups -OCH3 is 2. The van der Waals surface area contributed by atoms with Crippen LogP contribution in [-0.2, 0) is 30.4 Å². The van der Waals surface area contributed by atoms with Crippen LogP contribution in [0.3, 0.4) is 0 Å². The Balaban J connectivity index is 0.965. The molecule has 4 aliphatic rings. The maximum Gasteiger partial charge on any atom is 0.407 e. The molecule has 0 radical (unpaired) electrons. The van der Waals surface area contributed by atoms with Crippen molar-refractivity contribution in [2.75, 3.05) is 27.4 Å². The number of nitrogens with one attached hydrogen (secondary N) is 4. The summed E-state index contributed by atoms with van der Waals surface area (Å²) < 4.78 is 21.8. The Labute approximate surface area is 372 Å². The first-order chi connectivity index (χ1) is 31.0. The van der Waals surface area contributed by atoms with Crippen LogP contribution >= 0.6 is 0 Å². The van der Waals surface area contributed by atoms with Gasteiger partial charge in [0.2, 0.25) is 11.8 Å². The van der Waals surface area contributed by atoms with Gasteiger partial charge in [-0.05, 0) is 110 Å². The van der Waals surface area contributed by atoms with Gasteiger partial charge < -0.3 is 49.3 Å². The maximum absolute atomic E-state index is 14.4. The number of ether oxygens (including phenoxy) is 4. The number of fused-ring (bicyclic) bond motifs is 6. The number of nitrogens with zero attached hydrogens (tertiary/aromatic N) is 4. The summed E-state index contributed by atoms with van der Waals surface area (Å²) in [5.74, 6) is 1.76. The van der Waals surface area contributed by atoms with Crippen LogP contribution in [0.15, 0.2) is 48.7 Å². The number of rotatable bonds is 10. The van der Waals surface area contributed by atoms with Gasteiger partial charge in [-0.1, -0.05) is 39.0 Å². The van der Waals surface area contributed by atoms with E-state index in [1.807, 2.05) is 42.8 Å². The van der Waals surface area contributed by atoms with E-state index in [1.165, 1.54) is 14.2 Å². The second-order valence-electron chi connectivity index (χ2n) is 18.0. The third kappa shape index (κ3) is 7.90. The molecule has 0 saturated carbocycles. The lowest BCUT2D eigenvalue weighted by atomic mass is 9.90. The van der Waals surface area contributed by atoms with Gasteiger partial charge in [0.15, 0.2) is 0 Å². The Hall–Kier alpha value is -6.16. The fourth-order valence-electron chi connectivity index (χ4n) is 10.4. The number of hydrogen-bond donors (Lipinski definition) is 4. The number of amides is 4. The SMILES string of the molecule is CC[C@H]1CC[C@@H](c2ncc(-c3ccc4c(c3)COc3cc5c(ccc6nc([C@@H]7CC[C@H](C)N7C(=O)[C@@H](NC(=O)OC)C(C)C)[nH]c65)cc3-4)[nH]2)N1C(=O)C(NC(=O)OC)C1CCOCC1. The largest absolute Gasteiger partial charge is 0.488 e. The summed E-state index contributed by atoms with van der Waals surface area (Å²) in [6.45, 7) is 9.43. The van der Waals surface area contributed by atoms with Gasteiger partial charge in [0.1, 0.15) is 36.1 Å². The molecule has 4 amide bonds. The van der Waals surface area contributed by atoms with Crippen molar-refractivity contribution in [2.24, 2.45) is 11.8 Å². The molecule has 16 heteroatoms. The second kappa shape index (κ2) is 17.8. The van der Waals surface area contributed by atoms with Crippen LogP contribution in [0, 0.1) is 11.8 Å². The van der Waals surface area contributed by atoms with Crippen molar-refractivity contribution in [3.63, 3.8) is 0 Å². The molecular formula is C48H58N8O8. The molecule has 1 unspecified atom stereocenters. The predicted octanol–water partition coefficient (Wildman–Crippen LogP) is 7.69. The van der Waals surface area contributed by atoms with Crippen molar-refractivity contribution in [1.82, 2.24) is 40.4 Å². The Bertz CT molecular complexity index is 2580. The summed E-state index contributed by atoms with van der Waals surface area (Å²) in [5, 5.41) is 7.60. The van der Waals surface area contributed by atoms with Crippen molar-refractivity contribution in [3.8, 4) is 28.1 Å². The zero-order chi connectivity index (χ0) is 44.8. The highest BCUT2D eigenvalue weighted by molar-refractivity contribution is 6.07. The molecule has 2 aromatic heterocycles. The standard InChI is InChI=1S/C48H58N8O8/c1-7-31-11-15-37(56(31)46(58)41(54-48(60)62-6)27-16-18-63-19-17-27)43-49-23-36(51-43)29-9-12-32-30(20-29)24-64-39-22-33-28(21-34(32)39)10-13-35-42(33)52-44(50-35)38-14-8-26(4)55(38)45(57)40(25(2)3)53-47(59)61-5/h9-10,12-13,20-23,25-27,31,37-38,40-41H,7-8,11,14-19,24H2,1-6H3,(H,49,51)(H,50,52)(H,53,59)(H,54,60)/t26-,31-,37-,38-,40-,41?/m0/s1. The number of H-pyrrole nitrogens is 2. The maximum atomic E-state index is 14.4. The predicted molar refractivity (Wildman–Crippen MR) is 239 cm³/mol. The van der Waals surface area contributed by atoms with Crippen LogP contribution in [-0.4, -0.2) is 105 Å². The molecule has 4 N–H and O–H groups in total. The number of hydrogen-bond acceptors (Lipinski definition) is 10. The number of benzene rings is 3. The average molecular weight is 875 g/mol. The summed E-state index contributed by atoms with van der Waals surface area (Å²) >= 11 is 0. The summed E-state index contributed by atoms with van der Waals surface area (Å²) in [6, 6.07) is 12.7. The van der Waals surface area contributed by atoms with E-state index in [0.717, 1.165) is 93.4 Å². The van der Waals surface area contributed by atoms with Gasteiger partial charge in [-0.3, -0.25) is 9.59 Å². The van der Waals surface area contributed by atoms with Crippen LogP contribution in [0.1, 0.15) is 102 Å². The van der Waals surface area contributed by atoms with Gasteiger partial charge in [0.25, 0.3) is 0 Å². The van der Waals surface area contributed by atoms with Crippen LogP contribution in [0.25, 0.3) is 44.2 Å². The van der Waals surface area contributed by atoms with Crippen LogP contribution in [0.2, 0.25) is 0 Å². The van der Waals surface area contributed by atoms with E-state index in [2.05, 4.69) is 63.9 Å². The minimum Gasteiger partial charge on any atom is -0.488 e. The topological polar surface area (TPSA) is 193 Å². The summed E-state index contributed by atoms with van der Waals surface area (Å²) in [5.41, 5.74) is 6.61. The van der Waals surface area contributed by atoms with Gasteiger partial charge >= 0.3 is 12.2 Å². The number of likely N-dealkylation sites (tertiary alicyclic amines) is 2. The van der Waals surface area contributed by atoms with Gasteiger partial charge in [-0.15, -0.1) is 0 Å². The minimum absolute atomic E-state index is 0.0225. The molecule has 4 aliphatic heterocycles. The third-order valence-electron chi connectivity index (χ3n) is 13.9. The van der Waals surface area contributed by atoms with Crippen molar-refractivity contribution in [2.45, 2.75) is 115 Å². The molecule has 9 rings (SSSR count). The van der Waals surface area contributed by atoms with E-state index >= 15 is 0 Å². The van der Waals surface area contributed by atoms with E-state index in [4.69, 9.17) is 28.9 Å². The molecule has 64 heavy (non-hydrogen) atoms. The van der Waals surface area contributed by atoms with Gasteiger partial charge in [0, 0.05) is 36.2 Å². The van der Waals surface area contributed by atoms with Crippen LogP contribution in [0.4, 0.5) is 9.59 Å². The molecule has 3 aromatic carbocycles. The second-order valence-corrected chi connectivity index (χ2v) is 18.0. The van der Waals surface area contributed by atoms with E-state index in [0.29, 0.717) is 38.5 Å². The monoisotopic (exact) mass is 874 g/mol. The Morgan fingerprint density at radius 3 is 2.34 bits per heavy atom. The van der Waals surface area contributed by atoms with Crippen LogP contribution in [0.5, 0.6) is 5.75 Å². The fourth-order valence-corrected chi connectivity index (χ4v) is 10.4. The van der Waals surface area contributed by atoms with E-state index in [9.17, 15) is 19.2 Å². The average Bonchev–Trinajstić information content (AvgIpc) is 4.14. The zero-order valence-corrected chi connectivity index (χ0v) is 37.4. The third-order valence-corrected chi connectivity index (χ3v) is 13.9. The molecule has 3 saturated heterocycles. The van der Waals surface area contributed by atoms with Gasteiger partial charge in [-0.25, -0.2) is 19.6 Å². The molecule has 5 aromatic rings. The van der Waals surface area contributed by atoms with E-state index < -0.39 is 24.3 Å². The smallest absolute Gasteiger partial charge is 0.407 e. The first-order valence-electron chi connectivity index (χ1n) is 22.7. The number of aromatic nitrogens is 4. The number of alkyl carbamates (subject to hydrolysis) is 2. The number of carbonyl (C=O) groups excluding carboxylic acids is 4. The highest BCUT2D eigenvalue weighted by Crippen LogP contribution is 2.44. The first kappa shape index (κ1) is 43.1. The Kier molecular flexibility index (Phi) is 12.0. The number of carbonyl (C=O) groups is 4. The quantitative estimate of drug-likeness (QED) is 0.108. The molecule has 0 spiro atoms. The lowest BCUT2D eigenvalue weighted by molar-refractivity contribution is -0.139. The summed E-state index contributed by atoms with van der Waals surface area (Å²) in [7, 11) is 2.61. The van der Waals surface area contributed by atoms with Crippen molar-refractivity contribution >= 4 is 45.8 Å². The van der Waals surface area contributed by atoms with E-state index in [1.54, 1.807) is 0 Å². The summed E-state index contributed by atoms with van der Waals surface area (Å²) in [4.78, 5) is 73.9. The fraction of sp³-hybridized carbons (Fsp3) is 0.500. The van der Waals surface area contributed by atoms with Gasteiger partial charge in [0.05, 0.1) is 49.2 Å². The minimum atomic E-state index is -0.728. The lowest BCUT2D eigenvalue weighted by Gasteiger charge is -2.36. The van der Waals surface area contributed by atoms with Crippen LogP contribution < -0.4 is 15.4 Å². The molecule has 6 atom stereocenters. The Morgan fingerprint density at radius 1 is 0.844 bits per heavy atom. The molecular weight excluding hydrogens is 817 g/mol. The van der Waals surface area contributed by atoms with Crippen molar-refractivity contribution in [1.29, 1.82) is 0 Å². The van der Waals surface area contributed by atoms with Crippen molar-refractivity contribution < 1.29 is 38.1 Å². The molecule has 16 nitrogen and oxygen atoms in total. The zero-order valence-electron chi connectivity index (χ0n) is 37.4. The highest BCUT2D eigenvalue weighted by Gasteiger charge is 2.44. The van der Waals surface area contributed by atoms with Crippen molar-refractivity contribution in [3.05, 3.63) is 65.9 Å². The first-order valence-corrected chi connectivity index (χ1v) is 22.7.